The fraction of sp³-hybridized carbons (Fsp3) is 0.381. The van der Waals surface area contributed by atoms with E-state index in [-0.39, 0.29) is 30.2 Å². The van der Waals surface area contributed by atoms with E-state index in [4.69, 9.17) is 14.2 Å². The fourth-order valence-electron chi connectivity index (χ4n) is 2.64. The van der Waals surface area contributed by atoms with Crippen LogP contribution in [0, 0.1) is 6.92 Å². The SMILES string of the molecule is CCOC(=O)COc1c(C(=O)OC)sc(-c2ccc(NC(=O)NC(C)C)cc2)c1C. The van der Waals surface area contributed by atoms with Crippen LogP contribution in [-0.4, -0.2) is 44.3 Å². The fourth-order valence-corrected chi connectivity index (χ4v) is 3.82. The highest BCUT2D eigenvalue weighted by atomic mass is 32.1. The van der Waals surface area contributed by atoms with Gasteiger partial charge in [-0.05, 0) is 45.4 Å². The van der Waals surface area contributed by atoms with Crippen molar-refractivity contribution in [3.05, 3.63) is 34.7 Å². The van der Waals surface area contributed by atoms with Crippen LogP contribution in [-0.2, 0) is 14.3 Å². The van der Waals surface area contributed by atoms with Gasteiger partial charge in [0.25, 0.3) is 0 Å². The number of rotatable bonds is 8. The molecule has 1 aromatic carbocycles. The van der Waals surface area contributed by atoms with Crippen molar-refractivity contribution in [2.45, 2.75) is 33.7 Å². The van der Waals surface area contributed by atoms with Crippen LogP contribution < -0.4 is 15.4 Å². The maximum absolute atomic E-state index is 12.2. The third-order valence-corrected chi connectivity index (χ3v) is 5.23. The molecule has 1 aromatic heterocycles. The lowest BCUT2D eigenvalue weighted by molar-refractivity contribution is -0.145. The summed E-state index contributed by atoms with van der Waals surface area (Å²) in [6.07, 6.45) is 0. The molecule has 2 rings (SSSR count). The number of amides is 2. The Bertz CT molecular complexity index is 905. The molecule has 8 nitrogen and oxygen atoms in total. The minimum absolute atomic E-state index is 0.0304. The Kier molecular flexibility index (Phi) is 8.23. The quantitative estimate of drug-likeness (QED) is 0.609. The molecule has 2 aromatic rings. The monoisotopic (exact) mass is 434 g/mol. The van der Waals surface area contributed by atoms with Crippen molar-refractivity contribution in [2.24, 2.45) is 0 Å². The molecule has 0 radical (unpaired) electrons. The van der Waals surface area contributed by atoms with Crippen molar-refractivity contribution in [2.75, 3.05) is 25.6 Å². The van der Waals surface area contributed by atoms with Gasteiger partial charge >= 0.3 is 18.0 Å². The van der Waals surface area contributed by atoms with Crippen LogP contribution in [0.25, 0.3) is 10.4 Å². The molecule has 0 unspecified atom stereocenters. The largest absolute Gasteiger partial charge is 0.480 e. The van der Waals surface area contributed by atoms with Gasteiger partial charge in [0.15, 0.2) is 11.5 Å². The van der Waals surface area contributed by atoms with E-state index in [1.165, 1.54) is 18.4 Å². The first-order valence-electron chi connectivity index (χ1n) is 9.44. The van der Waals surface area contributed by atoms with Gasteiger partial charge in [0.05, 0.1) is 13.7 Å². The minimum Gasteiger partial charge on any atom is -0.480 e. The second kappa shape index (κ2) is 10.6. The van der Waals surface area contributed by atoms with E-state index >= 15 is 0 Å². The molecule has 0 fully saturated rings. The lowest BCUT2D eigenvalue weighted by atomic mass is 10.1. The lowest BCUT2D eigenvalue weighted by Gasteiger charge is -2.10. The van der Waals surface area contributed by atoms with E-state index in [9.17, 15) is 14.4 Å². The summed E-state index contributed by atoms with van der Waals surface area (Å²) in [7, 11) is 1.29. The number of urea groups is 1. The van der Waals surface area contributed by atoms with Crippen LogP contribution in [0.3, 0.4) is 0 Å². The summed E-state index contributed by atoms with van der Waals surface area (Å²) in [5.74, 6) is -0.763. The first-order chi connectivity index (χ1) is 14.3. The smallest absolute Gasteiger partial charge is 0.351 e. The number of hydrogen-bond donors (Lipinski definition) is 2. The Hall–Kier alpha value is -3.07. The van der Waals surface area contributed by atoms with Gasteiger partial charge < -0.3 is 24.8 Å². The molecule has 0 aliphatic rings. The van der Waals surface area contributed by atoms with E-state index in [0.29, 0.717) is 17.0 Å². The van der Waals surface area contributed by atoms with Crippen molar-refractivity contribution in [3.8, 4) is 16.2 Å². The number of methoxy groups -OCH3 is 1. The molecule has 0 aliphatic carbocycles. The molecular formula is C21H26N2O6S. The van der Waals surface area contributed by atoms with Gasteiger partial charge in [-0.2, -0.15) is 0 Å². The maximum atomic E-state index is 12.2. The topological polar surface area (TPSA) is 103 Å². The summed E-state index contributed by atoms with van der Waals surface area (Å²) in [5, 5.41) is 5.51. The van der Waals surface area contributed by atoms with Crippen molar-refractivity contribution in [1.29, 1.82) is 0 Å². The van der Waals surface area contributed by atoms with Gasteiger partial charge in [-0.1, -0.05) is 12.1 Å². The van der Waals surface area contributed by atoms with Crippen molar-refractivity contribution >= 4 is 35.0 Å². The molecule has 0 bridgehead atoms. The second-order valence-corrected chi connectivity index (χ2v) is 7.65. The van der Waals surface area contributed by atoms with Gasteiger partial charge in [0.1, 0.15) is 5.75 Å². The van der Waals surface area contributed by atoms with Gasteiger partial charge in [-0.15, -0.1) is 11.3 Å². The van der Waals surface area contributed by atoms with E-state index in [1.807, 2.05) is 26.0 Å². The maximum Gasteiger partial charge on any atom is 0.351 e. The number of anilines is 1. The van der Waals surface area contributed by atoms with Gasteiger partial charge in [0.2, 0.25) is 0 Å². The van der Waals surface area contributed by atoms with Gasteiger partial charge in [-0.3, -0.25) is 0 Å². The number of benzene rings is 1. The average molecular weight is 435 g/mol. The molecule has 162 valence electrons. The molecule has 2 N–H and O–H groups in total. The molecule has 1 heterocycles. The number of thiophene rings is 1. The molecule has 0 atom stereocenters. The van der Waals surface area contributed by atoms with Gasteiger partial charge in [-0.25, -0.2) is 14.4 Å². The lowest BCUT2D eigenvalue weighted by Crippen LogP contribution is -2.34. The third-order valence-electron chi connectivity index (χ3n) is 3.93. The highest BCUT2D eigenvalue weighted by Crippen LogP contribution is 2.42. The second-order valence-electron chi connectivity index (χ2n) is 6.63. The molecule has 0 spiro atoms. The number of carbonyl (C=O) groups excluding carboxylic acids is 3. The van der Waals surface area contributed by atoms with Crippen LogP contribution >= 0.6 is 11.3 Å². The first kappa shape index (κ1) is 23.2. The first-order valence-corrected chi connectivity index (χ1v) is 10.3. The summed E-state index contributed by atoms with van der Waals surface area (Å²) in [6.45, 7) is 7.21. The highest BCUT2D eigenvalue weighted by Gasteiger charge is 2.24. The van der Waals surface area contributed by atoms with Crippen LogP contribution in [0.1, 0.15) is 36.0 Å². The van der Waals surface area contributed by atoms with E-state index in [2.05, 4.69) is 10.6 Å². The van der Waals surface area contributed by atoms with Crippen molar-refractivity contribution in [1.82, 2.24) is 5.32 Å². The summed E-state index contributed by atoms with van der Waals surface area (Å²) < 4.78 is 15.3. The molecule has 0 saturated carbocycles. The standard InChI is InChI=1S/C21H26N2O6S/c1-6-28-16(24)11-29-17-13(4)18(30-19(17)20(25)27-5)14-7-9-15(10-8-14)23-21(26)22-12(2)3/h7-10,12H,6,11H2,1-5H3,(H2,22,23,26). The van der Waals surface area contributed by atoms with Crippen LogP contribution in [0.2, 0.25) is 0 Å². The Morgan fingerprint density at radius 1 is 1.13 bits per heavy atom. The Morgan fingerprint density at radius 3 is 2.37 bits per heavy atom. The van der Waals surface area contributed by atoms with Gasteiger partial charge in [0, 0.05) is 22.2 Å². The highest BCUT2D eigenvalue weighted by molar-refractivity contribution is 7.18. The zero-order valence-corrected chi connectivity index (χ0v) is 18.5. The normalized spacial score (nSPS) is 10.5. The molecule has 30 heavy (non-hydrogen) atoms. The zero-order valence-electron chi connectivity index (χ0n) is 17.7. The van der Waals surface area contributed by atoms with Crippen LogP contribution in [0.5, 0.6) is 5.75 Å². The Morgan fingerprint density at radius 2 is 1.80 bits per heavy atom. The third kappa shape index (κ3) is 5.96. The molecule has 0 aliphatic heterocycles. The number of esters is 2. The van der Waals surface area contributed by atoms with E-state index in [1.54, 1.807) is 26.0 Å². The van der Waals surface area contributed by atoms with Crippen LogP contribution in [0.15, 0.2) is 24.3 Å². The summed E-state index contributed by atoms with van der Waals surface area (Å²) in [6, 6.07) is 6.95. The molecule has 0 saturated heterocycles. The molecular weight excluding hydrogens is 408 g/mol. The summed E-state index contributed by atoms with van der Waals surface area (Å²) in [5.41, 5.74) is 2.18. The Balaban J connectivity index is 2.27. The molecule has 2 amide bonds. The Labute approximate surface area is 179 Å². The van der Waals surface area contributed by atoms with Crippen LogP contribution in [0.4, 0.5) is 10.5 Å². The summed E-state index contributed by atoms with van der Waals surface area (Å²) >= 11 is 1.21. The van der Waals surface area contributed by atoms with Crippen molar-refractivity contribution in [3.63, 3.8) is 0 Å². The number of nitrogens with one attached hydrogen (secondary N) is 2. The van der Waals surface area contributed by atoms with E-state index in [0.717, 1.165) is 10.4 Å². The van der Waals surface area contributed by atoms with E-state index < -0.39 is 11.9 Å². The number of hydrogen-bond acceptors (Lipinski definition) is 7. The number of carbonyl (C=O) groups is 3. The number of ether oxygens (including phenoxy) is 3. The molecule has 9 heteroatoms. The minimum atomic E-state index is -0.545. The predicted molar refractivity (Wildman–Crippen MR) is 115 cm³/mol. The predicted octanol–water partition coefficient (Wildman–Crippen LogP) is 3.98. The zero-order chi connectivity index (χ0) is 22.3. The average Bonchev–Trinajstić information content (AvgIpc) is 3.02. The van der Waals surface area contributed by atoms with Crippen molar-refractivity contribution < 1.29 is 28.6 Å². The summed E-state index contributed by atoms with van der Waals surface area (Å²) in [4.78, 5) is 36.8.